The molecule has 0 saturated heterocycles. The highest BCUT2D eigenvalue weighted by Crippen LogP contribution is 2.32. The molecule has 0 spiro atoms. The number of benzene rings is 2. The van der Waals surface area contributed by atoms with Crippen LogP contribution in [0.3, 0.4) is 0 Å². The van der Waals surface area contributed by atoms with Gasteiger partial charge in [0.25, 0.3) is 5.91 Å². The summed E-state index contributed by atoms with van der Waals surface area (Å²) in [5, 5.41) is 4.07. The van der Waals surface area contributed by atoms with Crippen LogP contribution in [0.15, 0.2) is 55.1 Å². The van der Waals surface area contributed by atoms with Gasteiger partial charge in [0.15, 0.2) is 0 Å². The van der Waals surface area contributed by atoms with Crippen molar-refractivity contribution in [2.75, 3.05) is 5.32 Å². The SMILES string of the molecule is C=C1C(=O)Nc2cc(Cl)ccc21.Clc1ccccc1. The van der Waals surface area contributed by atoms with Crippen molar-refractivity contribution in [2.24, 2.45) is 0 Å². The second kappa shape index (κ2) is 5.91. The van der Waals surface area contributed by atoms with Crippen molar-refractivity contribution in [3.63, 3.8) is 0 Å². The highest BCUT2D eigenvalue weighted by Gasteiger charge is 2.21. The molecule has 0 saturated carbocycles. The molecular formula is C15H11Cl2NO. The molecule has 96 valence electrons. The number of carbonyl (C=O) groups excluding carboxylic acids is 1. The van der Waals surface area contributed by atoms with Gasteiger partial charge in [0.2, 0.25) is 0 Å². The van der Waals surface area contributed by atoms with E-state index in [0.29, 0.717) is 10.6 Å². The van der Waals surface area contributed by atoms with Crippen LogP contribution in [0.4, 0.5) is 5.69 Å². The maximum atomic E-state index is 11.1. The van der Waals surface area contributed by atoms with E-state index < -0.39 is 0 Å². The number of rotatable bonds is 0. The summed E-state index contributed by atoms with van der Waals surface area (Å²) in [5.41, 5.74) is 2.09. The monoisotopic (exact) mass is 291 g/mol. The van der Waals surface area contributed by atoms with Crippen LogP contribution < -0.4 is 5.32 Å². The molecule has 0 aromatic heterocycles. The van der Waals surface area contributed by atoms with Crippen molar-refractivity contribution in [3.8, 4) is 0 Å². The van der Waals surface area contributed by atoms with Gasteiger partial charge in [0.1, 0.15) is 0 Å². The number of halogens is 2. The molecule has 0 fully saturated rings. The van der Waals surface area contributed by atoms with Crippen molar-refractivity contribution in [2.45, 2.75) is 0 Å². The van der Waals surface area contributed by atoms with Crippen LogP contribution in [-0.4, -0.2) is 5.91 Å². The fraction of sp³-hybridized carbons (Fsp3) is 0. The van der Waals surface area contributed by atoms with E-state index in [1.807, 2.05) is 30.3 Å². The molecule has 1 N–H and O–H groups in total. The lowest BCUT2D eigenvalue weighted by Crippen LogP contribution is -2.02. The molecule has 0 unspecified atom stereocenters. The highest BCUT2D eigenvalue weighted by atomic mass is 35.5. The van der Waals surface area contributed by atoms with Gasteiger partial charge >= 0.3 is 0 Å². The molecule has 0 radical (unpaired) electrons. The number of anilines is 1. The minimum atomic E-state index is -0.146. The van der Waals surface area contributed by atoms with Gasteiger partial charge in [-0.2, -0.15) is 0 Å². The van der Waals surface area contributed by atoms with Gasteiger partial charge in [-0.15, -0.1) is 0 Å². The fourth-order valence-corrected chi connectivity index (χ4v) is 1.94. The van der Waals surface area contributed by atoms with E-state index in [-0.39, 0.29) is 5.91 Å². The van der Waals surface area contributed by atoms with Gasteiger partial charge < -0.3 is 5.32 Å². The van der Waals surface area contributed by atoms with Gasteiger partial charge in [-0.05, 0) is 24.3 Å². The molecule has 1 amide bonds. The lowest BCUT2D eigenvalue weighted by Gasteiger charge is -1.96. The van der Waals surface area contributed by atoms with Crippen LogP contribution in [0.25, 0.3) is 5.57 Å². The number of nitrogens with one attached hydrogen (secondary N) is 1. The first-order valence-corrected chi connectivity index (χ1v) is 6.34. The topological polar surface area (TPSA) is 29.1 Å². The average molecular weight is 292 g/mol. The van der Waals surface area contributed by atoms with Crippen LogP contribution >= 0.6 is 23.2 Å². The second-order valence-corrected chi connectivity index (χ2v) is 4.79. The molecular weight excluding hydrogens is 281 g/mol. The molecule has 3 rings (SSSR count). The van der Waals surface area contributed by atoms with Crippen molar-refractivity contribution in [1.29, 1.82) is 0 Å². The summed E-state index contributed by atoms with van der Waals surface area (Å²) >= 11 is 11.3. The molecule has 0 atom stereocenters. The average Bonchev–Trinajstić information content (AvgIpc) is 2.66. The van der Waals surface area contributed by atoms with Gasteiger partial charge in [-0.1, -0.05) is 54.0 Å². The van der Waals surface area contributed by atoms with E-state index in [0.717, 1.165) is 16.3 Å². The summed E-state index contributed by atoms with van der Waals surface area (Å²) in [4.78, 5) is 11.1. The van der Waals surface area contributed by atoms with Crippen molar-refractivity contribution < 1.29 is 4.79 Å². The normalized spacial score (nSPS) is 12.3. The maximum absolute atomic E-state index is 11.1. The summed E-state index contributed by atoms with van der Waals surface area (Å²) in [6.45, 7) is 3.65. The van der Waals surface area contributed by atoms with Gasteiger partial charge in [0.05, 0.1) is 5.69 Å². The number of hydrogen-bond donors (Lipinski definition) is 1. The van der Waals surface area contributed by atoms with E-state index >= 15 is 0 Å². The Bertz CT molecular complexity index is 623. The van der Waals surface area contributed by atoms with E-state index in [2.05, 4.69) is 11.9 Å². The molecule has 2 aromatic rings. The third-order valence-electron chi connectivity index (χ3n) is 2.56. The third kappa shape index (κ3) is 3.37. The number of hydrogen-bond acceptors (Lipinski definition) is 1. The Balaban J connectivity index is 0.000000163. The first-order valence-electron chi connectivity index (χ1n) is 5.58. The van der Waals surface area contributed by atoms with Crippen LogP contribution in [0.2, 0.25) is 10.0 Å². The largest absolute Gasteiger partial charge is 0.321 e. The predicted octanol–water partition coefficient (Wildman–Crippen LogP) is 4.65. The van der Waals surface area contributed by atoms with E-state index in [9.17, 15) is 4.79 Å². The highest BCUT2D eigenvalue weighted by molar-refractivity contribution is 6.34. The molecule has 2 nitrogen and oxygen atoms in total. The predicted molar refractivity (Wildman–Crippen MR) is 80.6 cm³/mol. The van der Waals surface area contributed by atoms with E-state index in [1.165, 1.54) is 0 Å². The summed E-state index contributed by atoms with van der Waals surface area (Å²) in [7, 11) is 0. The number of carbonyl (C=O) groups is 1. The summed E-state index contributed by atoms with van der Waals surface area (Å²) in [6, 6.07) is 14.7. The Morgan fingerprint density at radius 2 is 1.63 bits per heavy atom. The minimum absolute atomic E-state index is 0.146. The molecule has 1 heterocycles. The quantitative estimate of drug-likeness (QED) is 0.704. The molecule has 1 aliphatic rings. The van der Waals surface area contributed by atoms with Gasteiger partial charge in [-0.3, -0.25) is 4.79 Å². The second-order valence-electron chi connectivity index (χ2n) is 3.92. The van der Waals surface area contributed by atoms with Gasteiger partial charge in [0, 0.05) is 21.2 Å². The van der Waals surface area contributed by atoms with Crippen molar-refractivity contribution >= 4 is 40.4 Å². The zero-order valence-corrected chi connectivity index (χ0v) is 11.5. The first kappa shape index (κ1) is 13.7. The molecule has 2 aromatic carbocycles. The Labute approximate surface area is 121 Å². The van der Waals surface area contributed by atoms with Crippen LogP contribution in [0.5, 0.6) is 0 Å². The van der Waals surface area contributed by atoms with Crippen LogP contribution in [-0.2, 0) is 4.79 Å². The lowest BCUT2D eigenvalue weighted by molar-refractivity contribution is -0.110. The molecule has 19 heavy (non-hydrogen) atoms. The Morgan fingerprint density at radius 1 is 0.947 bits per heavy atom. The standard InChI is InChI=1S/C9H6ClNO.C6H5Cl/c1-5-7-3-2-6(10)4-8(7)11-9(5)12;7-6-4-2-1-3-5-6/h2-4H,1H2,(H,11,12);1-5H. The summed E-state index contributed by atoms with van der Waals surface area (Å²) < 4.78 is 0. The Kier molecular flexibility index (Phi) is 4.25. The molecule has 1 aliphatic heterocycles. The molecule has 0 aliphatic carbocycles. The summed E-state index contributed by atoms with van der Waals surface area (Å²) in [6.07, 6.45) is 0. The fourth-order valence-electron chi connectivity index (χ4n) is 1.62. The smallest absolute Gasteiger partial charge is 0.255 e. The van der Waals surface area contributed by atoms with Crippen molar-refractivity contribution in [3.05, 3.63) is 70.7 Å². The molecule has 4 heteroatoms. The zero-order chi connectivity index (χ0) is 13.8. The third-order valence-corrected chi connectivity index (χ3v) is 3.05. The van der Waals surface area contributed by atoms with Crippen LogP contribution in [0, 0.1) is 0 Å². The number of fused-ring (bicyclic) bond motifs is 1. The minimum Gasteiger partial charge on any atom is -0.321 e. The molecule has 0 bridgehead atoms. The first-order chi connectivity index (χ1) is 9.08. The maximum Gasteiger partial charge on any atom is 0.255 e. The van der Waals surface area contributed by atoms with E-state index in [4.69, 9.17) is 23.2 Å². The van der Waals surface area contributed by atoms with E-state index in [1.54, 1.807) is 18.2 Å². The Morgan fingerprint density at radius 3 is 2.21 bits per heavy atom. The lowest BCUT2D eigenvalue weighted by atomic mass is 10.1. The summed E-state index contributed by atoms with van der Waals surface area (Å²) in [5.74, 6) is -0.146. The Hall–Kier alpha value is -1.77. The van der Waals surface area contributed by atoms with Crippen molar-refractivity contribution in [1.82, 2.24) is 0 Å². The zero-order valence-electron chi connectivity index (χ0n) is 9.99. The van der Waals surface area contributed by atoms with Crippen LogP contribution in [0.1, 0.15) is 5.56 Å². The van der Waals surface area contributed by atoms with Gasteiger partial charge in [-0.25, -0.2) is 0 Å². The number of amides is 1.